The molecule has 0 saturated carbocycles. The molecule has 1 saturated heterocycles. The van der Waals surface area contributed by atoms with Gasteiger partial charge in [0.15, 0.2) is 5.78 Å². The topological polar surface area (TPSA) is 86.8 Å². The van der Waals surface area contributed by atoms with E-state index in [1.807, 2.05) is 45.0 Å². The Balaban J connectivity index is 1.49. The highest BCUT2D eigenvalue weighted by atomic mass is 32.2. The molecule has 178 valence electrons. The number of piperidine rings is 1. The Bertz CT molecular complexity index is 1050. The van der Waals surface area contributed by atoms with E-state index in [2.05, 4.69) is 5.32 Å². The van der Waals surface area contributed by atoms with Crippen molar-refractivity contribution in [3.63, 3.8) is 0 Å². The van der Waals surface area contributed by atoms with Gasteiger partial charge in [0.2, 0.25) is 10.0 Å². The number of carbonyl (C=O) groups is 2. The summed E-state index contributed by atoms with van der Waals surface area (Å²) < 4.78 is 26.6. The Hall–Kier alpha value is -2.71. The molecular weight excluding hydrogens is 438 g/mol. The van der Waals surface area contributed by atoms with Gasteiger partial charge in [0.05, 0.1) is 4.90 Å². The molecular formula is C25H33N3O4S. The molecule has 0 bridgehead atoms. The number of hydrogen-bond donors (Lipinski definition) is 1. The second kappa shape index (κ2) is 10.9. The van der Waals surface area contributed by atoms with Gasteiger partial charge in [-0.3, -0.25) is 4.79 Å². The third-order valence-corrected chi connectivity index (χ3v) is 8.26. The minimum Gasteiger partial charge on any atom is -0.334 e. The lowest BCUT2D eigenvalue weighted by molar-refractivity contribution is 0.0854. The van der Waals surface area contributed by atoms with Gasteiger partial charge in [-0.15, -0.1) is 0 Å². The first kappa shape index (κ1) is 24.9. The van der Waals surface area contributed by atoms with E-state index < -0.39 is 10.0 Å². The second-order valence-electron chi connectivity index (χ2n) is 8.38. The van der Waals surface area contributed by atoms with Gasteiger partial charge >= 0.3 is 6.03 Å². The molecule has 0 aromatic heterocycles. The molecule has 8 heteroatoms. The highest BCUT2D eigenvalue weighted by molar-refractivity contribution is 7.89. The first-order valence-electron chi connectivity index (χ1n) is 11.5. The SMILES string of the molecule is CCN(CC)S(=O)(=O)c1ccc(CNC(=O)N2CCC(C(=O)c3ccc(C)cc3)CC2)cc1. The monoisotopic (exact) mass is 471 g/mol. The maximum absolute atomic E-state index is 12.7. The Morgan fingerprint density at radius 1 is 0.970 bits per heavy atom. The number of aryl methyl sites for hydroxylation is 1. The normalized spacial score (nSPS) is 15.0. The van der Waals surface area contributed by atoms with Crippen LogP contribution in [0.5, 0.6) is 0 Å². The number of rotatable bonds is 8. The molecule has 7 nitrogen and oxygen atoms in total. The Morgan fingerprint density at radius 3 is 2.09 bits per heavy atom. The molecule has 0 radical (unpaired) electrons. The van der Waals surface area contributed by atoms with E-state index in [4.69, 9.17) is 0 Å². The lowest BCUT2D eigenvalue weighted by Gasteiger charge is -2.31. The van der Waals surface area contributed by atoms with Gasteiger partial charge in [-0.1, -0.05) is 55.8 Å². The van der Waals surface area contributed by atoms with E-state index in [1.165, 1.54) is 4.31 Å². The number of Topliss-reactive ketones (excluding diaryl/α,β-unsaturated/α-hetero) is 1. The molecule has 1 N–H and O–H groups in total. The molecule has 0 atom stereocenters. The zero-order valence-electron chi connectivity index (χ0n) is 19.6. The van der Waals surface area contributed by atoms with Crippen LogP contribution in [0.15, 0.2) is 53.4 Å². The van der Waals surface area contributed by atoms with Crippen molar-refractivity contribution in [2.45, 2.75) is 45.1 Å². The minimum atomic E-state index is -3.49. The van der Waals surface area contributed by atoms with E-state index in [9.17, 15) is 18.0 Å². The number of benzene rings is 2. The molecule has 0 unspecified atom stereocenters. The predicted octanol–water partition coefficient (Wildman–Crippen LogP) is 3.83. The Morgan fingerprint density at radius 2 is 1.55 bits per heavy atom. The molecule has 33 heavy (non-hydrogen) atoms. The van der Waals surface area contributed by atoms with Gasteiger partial charge in [0, 0.05) is 44.2 Å². The van der Waals surface area contributed by atoms with E-state index in [0.717, 1.165) is 16.7 Å². The summed E-state index contributed by atoms with van der Waals surface area (Å²) in [6.45, 7) is 7.84. The van der Waals surface area contributed by atoms with Crippen LogP contribution in [0.2, 0.25) is 0 Å². The zero-order valence-corrected chi connectivity index (χ0v) is 20.4. The van der Waals surface area contributed by atoms with Crippen LogP contribution in [0.1, 0.15) is 48.2 Å². The lowest BCUT2D eigenvalue weighted by atomic mass is 9.89. The summed E-state index contributed by atoms with van der Waals surface area (Å²) in [6.07, 6.45) is 1.30. The molecule has 1 fully saturated rings. The molecule has 2 aromatic carbocycles. The molecule has 1 aliphatic heterocycles. The molecule has 1 aliphatic rings. The van der Waals surface area contributed by atoms with Crippen LogP contribution in [-0.4, -0.2) is 55.6 Å². The van der Waals surface area contributed by atoms with Gasteiger partial charge < -0.3 is 10.2 Å². The highest BCUT2D eigenvalue weighted by Gasteiger charge is 2.28. The maximum Gasteiger partial charge on any atom is 0.317 e. The summed E-state index contributed by atoms with van der Waals surface area (Å²) in [7, 11) is -3.49. The fourth-order valence-electron chi connectivity index (χ4n) is 4.08. The first-order valence-corrected chi connectivity index (χ1v) is 12.9. The Labute approximate surface area is 196 Å². The molecule has 0 spiro atoms. The quantitative estimate of drug-likeness (QED) is 0.593. The van der Waals surface area contributed by atoms with Crippen molar-refractivity contribution in [3.8, 4) is 0 Å². The van der Waals surface area contributed by atoms with Crippen molar-refractivity contribution in [3.05, 3.63) is 65.2 Å². The average Bonchev–Trinajstić information content (AvgIpc) is 2.83. The van der Waals surface area contributed by atoms with Crippen LogP contribution in [0.4, 0.5) is 4.79 Å². The molecule has 1 heterocycles. The van der Waals surface area contributed by atoms with Crippen molar-refractivity contribution in [1.82, 2.24) is 14.5 Å². The third-order valence-electron chi connectivity index (χ3n) is 6.20. The largest absolute Gasteiger partial charge is 0.334 e. The van der Waals surface area contributed by atoms with E-state index in [-0.39, 0.29) is 22.6 Å². The average molecular weight is 472 g/mol. The van der Waals surface area contributed by atoms with Crippen molar-refractivity contribution < 1.29 is 18.0 Å². The van der Waals surface area contributed by atoms with Crippen LogP contribution in [0, 0.1) is 12.8 Å². The van der Waals surface area contributed by atoms with E-state index in [1.54, 1.807) is 29.2 Å². The maximum atomic E-state index is 12.7. The van der Waals surface area contributed by atoms with Crippen molar-refractivity contribution in [1.29, 1.82) is 0 Å². The van der Waals surface area contributed by atoms with Gasteiger partial charge in [0.25, 0.3) is 0 Å². The van der Waals surface area contributed by atoms with Crippen LogP contribution in [-0.2, 0) is 16.6 Å². The van der Waals surface area contributed by atoms with Crippen molar-refractivity contribution in [2.75, 3.05) is 26.2 Å². The summed E-state index contributed by atoms with van der Waals surface area (Å²) in [4.78, 5) is 27.3. The lowest BCUT2D eigenvalue weighted by Crippen LogP contribution is -2.45. The van der Waals surface area contributed by atoms with Crippen LogP contribution in [0.3, 0.4) is 0 Å². The van der Waals surface area contributed by atoms with Gasteiger partial charge in [-0.05, 0) is 37.5 Å². The number of ketones is 1. The van der Waals surface area contributed by atoms with Crippen LogP contribution in [0.25, 0.3) is 0 Å². The zero-order chi connectivity index (χ0) is 24.0. The minimum absolute atomic E-state index is 0.0583. The Kier molecular flexibility index (Phi) is 8.26. The summed E-state index contributed by atoms with van der Waals surface area (Å²) in [6, 6.07) is 14.1. The molecule has 2 amide bonds. The fourth-order valence-corrected chi connectivity index (χ4v) is 5.54. The van der Waals surface area contributed by atoms with Crippen molar-refractivity contribution in [2.24, 2.45) is 5.92 Å². The standard InChI is InChI=1S/C25H33N3O4S/c1-4-28(5-2)33(31,32)23-12-8-20(9-13-23)18-26-25(30)27-16-14-22(15-17-27)24(29)21-10-6-19(3)7-11-21/h6-13,22H,4-5,14-18H2,1-3H3,(H,26,30). The van der Waals surface area contributed by atoms with E-state index >= 15 is 0 Å². The van der Waals surface area contributed by atoms with Crippen LogP contribution < -0.4 is 5.32 Å². The third kappa shape index (κ3) is 6.00. The number of likely N-dealkylation sites (tertiary alicyclic amines) is 1. The smallest absolute Gasteiger partial charge is 0.317 e. The number of urea groups is 1. The number of carbonyl (C=O) groups excluding carboxylic acids is 2. The molecule has 0 aliphatic carbocycles. The fraction of sp³-hybridized carbons (Fsp3) is 0.440. The van der Waals surface area contributed by atoms with Gasteiger partial charge in [-0.2, -0.15) is 4.31 Å². The second-order valence-corrected chi connectivity index (χ2v) is 10.3. The highest BCUT2D eigenvalue weighted by Crippen LogP contribution is 2.22. The number of nitrogens with zero attached hydrogens (tertiary/aromatic N) is 2. The number of amides is 2. The van der Waals surface area contributed by atoms with Gasteiger partial charge in [-0.25, -0.2) is 13.2 Å². The summed E-state index contributed by atoms with van der Waals surface area (Å²) in [5.41, 5.74) is 2.68. The van der Waals surface area contributed by atoms with Gasteiger partial charge in [0.1, 0.15) is 0 Å². The van der Waals surface area contributed by atoms with Crippen LogP contribution >= 0.6 is 0 Å². The van der Waals surface area contributed by atoms with E-state index in [0.29, 0.717) is 45.6 Å². The predicted molar refractivity (Wildman–Crippen MR) is 129 cm³/mol. The molecule has 2 aromatic rings. The number of sulfonamides is 1. The summed E-state index contributed by atoms with van der Waals surface area (Å²) >= 11 is 0. The number of nitrogens with one attached hydrogen (secondary N) is 1. The number of hydrogen-bond acceptors (Lipinski definition) is 4. The first-order chi connectivity index (χ1) is 15.8. The molecule has 3 rings (SSSR count). The summed E-state index contributed by atoms with van der Waals surface area (Å²) in [5.74, 6) is 0.0897. The summed E-state index contributed by atoms with van der Waals surface area (Å²) in [5, 5.41) is 2.90. The van der Waals surface area contributed by atoms with Crippen molar-refractivity contribution >= 4 is 21.8 Å².